The summed E-state index contributed by atoms with van der Waals surface area (Å²) in [5, 5.41) is 8.54. The number of aryl methyl sites for hydroxylation is 1. The van der Waals surface area contributed by atoms with Crippen molar-refractivity contribution in [2.75, 3.05) is 0 Å². The summed E-state index contributed by atoms with van der Waals surface area (Å²) in [6, 6.07) is 0. The molecule has 0 aromatic carbocycles. The Bertz CT molecular complexity index is 307. The maximum absolute atomic E-state index is 4.32. The van der Waals surface area contributed by atoms with E-state index in [-0.39, 0.29) is 5.41 Å². The minimum absolute atomic E-state index is 0.108. The lowest BCUT2D eigenvalue weighted by Gasteiger charge is -2.17. The minimum atomic E-state index is 0.108. The SMILES string of the molecule is CCCCc1c(C(C)(C)C)nnn1CC. The number of hydrogen-bond donors (Lipinski definition) is 0. The standard InChI is InChI=1S/C12H23N3/c1-6-8-9-10-11(12(3,4)5)13-14-15(10)7-2/h6-9H2,1-5H3. The summed E-state index contributed by atoms with van der Waals surface area (Å²) < 4.78 is 2.04. The highest BCUT2D eigenvalue weighted by molar-refractivity contribution is 5.19. The molecule has 86 valence electrons. The third kappa shape index (κ3) is 2.80. The third-order valence-corrected chi connectivity index (χ3v) is 2.61. The molecule has 0 aliphatic carbocycles. The van der Waals surface area contributed by atoms with Gasteiger partial charge in [0.15, 0.2) is 0 Å². The van der Waals surface area contributed by atoms with Gasteiger partial charge in [0.05, 0.1) is 11.4 Å². The van der Waals surface area contributed by atoms with Gasteiger partial charge in [-0.25, -0.2) is 4.68 Å². The molecular formula is C12H23N3. The molecule has 15 heavy (non-hydrogen) atoms. The quantitative estimate of drug-likeness (QED) is 0.763. The van der Waals surface area contributed by atoms with E-state index in [0.29, 0.717) is 0 Å². The van der Waals surface area contributed by atoms with Crippen molar-refractivity contribution in [3.8, 4) is 0 Å². The van der Waals surface area contributed by atoms with Crippen molar-refractivity contribution in [1.82, 2.24) is 15.0 Å². The highest BCUT2D eigenvalue weighted by atomic mass is 15.4. The highest BCUT2D eigenvalue weighted by Gasteiger charge is 2.23. The Morgan fingerprint density at radius 1 is 1.20 bits per heavy atom. The first-order valence-corrected chi connectivity index (χ1v) is 5.93. The van der Waals surface area contributed by atoms with Crippen LogP contribution in [0.25, 0.3) is 0 Å². The fourth-order valence-corrected chi connectivity index (χ4v) is 1.76. The summed E-state index contributed by atoms with van der Waals surface area (Å²) in [6.07, 6.45) is 3.54. The van der Waals surface area contributed by atoms with Crippen LogP contribution in [0.1, 0.15) is 58.8 Å². The van der Waals surface area contributed by atoms with E-state index in [2.05, 4.69) is 44.9 Å². The lowest BCUT2D eigenvalue weighted by molar-refractivity contribution is 0.554. The van der Waals surface area contributed by atoms with Crippen LogP contribution >= 0.6 is 0 Å². The molecule has 3 heteroatoms. The largest absolute Gasteiger partial charge is 0.249 e. The predicted molar refractivity (Wildman–Crippen MR) is 63.0 cm³/mol. The van der Waals surface area contributed by atoms with Crippen LogP contribution in [0, 0.1) is 0 Å². The Morgan fingerprint density at radius 2 is 1.87 bits per heavy atom. The highest BCUT2D eigenvalue weighted by Crippen LogP contribution is 2.24. The van der Waals surface area contributed by atoms with Gasteiger partial charge in [0, 0.05) is 12.0 Å². The van der Waals surface area contributed by atoms with Crippen molar-refractivity contribution in [3.63, 3.8) is 0 Å². The van der Waals surface area contributed by atoms with E-state index in [1.807, 2.05) is 4.68 Å². The molecule has 0 bridgehead atoms. The molecule has 0 aliphatic heterocycles. The molecule has 0 radical (unpaired) electrons. The number of rotatable bonds is 4. The molecule has 0 fully saturated rings. The zero-order chi connectivity index (χ0) is 11.5. The molecule has 3 nitrogen and oxygen atoms in total. The Labute approximate surface area is 92.9 Å². The van der Waals surface area contributed by atoms with Crippen molar-refractivity contribution < 1.29 is 0 Å². The van der Waals surface area contributed by atoms with Crippen molar-refractivity contribution in [1.29, 1.82) is 0 Å². The topological polar surface area (TPSA) is 30.7 Å². The summed E-state index contributed by atoms with van der Waals surface area (Å²) in [7, 11) is 0. The lowest BCUT2D eigenvalue weighted by atomic mass is 9.89. The van der Waals surface area contributed by atoms with Crippen molar-refractivity contribution in [2.24, 2.45) is 0 Å². The van der Waals surface area contributed by atoms with Crippen LogP contribution in [0.5, 0.6) is 0 Å². The molecule has 0 saturated heterocycles. The molecule has 0 spiro atoms. The summed E-state index contributed by atoms with van der Waals surface area (Å²) in [5.74, 6) is 0. The Balaban J connectivity index is 3.00. The van der Waals surface area contributed by atoms with Gasteiger partial charge in [-0.15, -0.1) is 5.10 Å². The first kappa shape index (κ1) is 12.2. The van der Waals surface area contributed by atoms with Crippen LogP contribution in [0.4, 0.5) is 0 Å². The van der Waals surface area contributed by atoms with E-state index >= 15 is 0 Å². The van der Waals surface area contributed by atoms with Gasteiger partial charge in [-0.3, -0.25) is 0 Å². The summed E-state index contributed by atoms with van der Waals surface area (Å²) in [4.78, 5) is 0. The smallest absolute Gasteiger partial charge is 0.0912 e. The maximum Gasteiger partial charge on any atom is 0.0912 e. The second kappa shape index (κ2) is 4.77. The molecule has 0 amide bonds. The molecule has 0 unspecified atom stereocenters. The summed E-state index contributed by atoms with van der Waals surface area (Å²) in [6.45, 7) is 11.9. The first-order valence-electron chi connectivity index (χ1n) is 5.93. The van der Waals surface area contributed by atoms with E-state index in [1.54, 1.807) is 0 Å². The number of unbranched alkanes of at least 4 members (excludes halogenated alkanes) is 1. The van der Waals surface area contributed by atoms with Gasteiger partial charge in [0.2, 0.25) is 0 Å². The van der Waals surface area contributed by atoms with E-state index < -0.39 is 0 Å². The average molecular weight is 209 g/mol. The van der Waals surface area contributed by atoms with Crippen molar-refractivity contribution >= 4 is 0 Å². The Hall–Kier alpha value is -0.860. The zero-order valence-electron chi connectivity index (χ0n) is 10.7. The van der Waals surface area contributed by atoms with E-state index in [0.717, 1.165) is 18.7 Å². The minimum Gasteiger partial charge on any atom is -0.249 e. The molecule has 0 atom stereocenters. The van der Waals surface area contributed by atoms with E-state index in [1.165, 1.54) is 18.5 Å². The van der Waals surface area contributed by atoms with Gasteiger partial charge >= 0.3 is 0 Å². The summed E-state index contributed by atoms with van der Waals surface area (Å²) >= 11 is 0. The predicted octanol–water partition coefficient (Wildman–Crippen LogP) is 2.94. The van der Waals surface area contributed by atoms with Gasteiger partial charge in [0.25, 0.3) is 0 Å². The third-order valence-electron chi connectivity index (χ3n) is 2.61. The Kier molecular flexibility index (Phi) is 3.89. The average Bonchev–Trinajstić information content (AvgIpc) is 2.56. The zero-order valence-corrected chi connectivity index (χ0v) is 10.7. The number of nitrogens with zero attached hydrogens (tertiary/aromatic N) is 3. The van der Waals surface area contributed by atoms with Crippen LogP contribution in [-0.2, 0) is 18.4 Å². The van der Waals surface area contributed by atoms with Gasteiger partial charge in [-0.2, -0.15) is 0 Å². The molecular weight excluding hydrogens is 186 g/mol. The van der Waals surface area contributed by atoms with Crippen molar-refractivity contribution in [2.45, 2.75) is 65.8 Å². The van der Waals surface area contributed by atoms with Gasteiger partial charge in [-0.05, 0) is 19.8 Å². The van der Waals surface area contributed by atoms with E-state index in [9.17, 15) is 0 Å². The lowest BCUT2D eigenvalue weighted by Crippen LogP contribution is -2.16. The van der Waals surface area contributed by atoms with Gasteiger partial charge < -0.3 is 0 Å². The molecule has 1 aromatic rings. The van der Waals surface area contributed by atoms with Crippen LogP contribution in [0.15, 0.2) is 0 Å². The van der Waals surface area contributed by atoms with Crippen LogP contribution in [-0.4, -0.2) is 15.0 Å². The summed E-state index contributed by atoms with van der Waals surface area (Å²) in [5.41, 5.74) is 2.60. The van der Waals surface area contributed by atoms with Gasteiger partial charge in [-0.1, -0.05) is 39.3 Å². The molecule has 1 rings (SSSR count). The molecule has 1 heterocycles. The van der Waals surface area contributed by atoms with Crippen LogP contribution in [0.3, 0.4) is 0 Å². The second-order valence-corrected chi connectivity index (χ2v) is 5.05. The monoisotopic (exact) mass is 209 g/mol. The number of aromatic nitrogens is 3. The normalized spacial score (nSPS) is 12.1. The maximum atomic E-state index is 4.32. The first-order chi connectivity index (χ1) is 7.00. The number of hydrogen-bond acceptors (Lipinski definition) is 2. The van der Waals surface area contributed by atoms with E-state index in [4.69, 9.17) is 0 Å². The Morgan fingerprint density at radius 3 is 2.33 bits per heavy atom. The molecule has 0 N–H and O–H groups in total. The van der Waals surface area contributed by atoms with Crippen LogP contribution in [0.2, 0.25) is 0 Å². The molecule has 0 saturated carbocycles. The molecule has 0 aliphatic rings. The second-order valence-electron chi connectivity index (χ2n) is 5.05. The molecule has 1 aromatic heterocycles. The van der Waals surface area contributed by atoms with Crippen LogP contribution < -0.4 is 0 Å². The van der Waals surface area contributed by atoms with Crippen molar-refractivity contribution in [3.05, 3.63) is 11.4 Å². The van der Waals surface area contributed by atoms with Gasteiger partial charge in [0.1, 0.15) is 0 Å². The fourth-order valence-electron chi connectivity index (χ4n) is 1.76. The fraction of sp³-hybridized carbons (Fsp3) is 0.833.